The highest BCUT2D eigenvalue weighted by atomic mass is 16.2. The minimum atomic E-state index is -0.236. The largest absolute Gasteiger partial charge is 0.398 e. The van der Waals surface area contributed by atoms with E-state index < -0.39 is 0 Å². The predicted molar refractivity (Wildman–Crippen MR) is 89.0 cm³/mol. The first-order valence-corrected chi connectivity index (χ1v) is 7.44. The molecule has 0 fully saturated rings. The first-order valence-electron chi connectivity index (χ1n) is 7.44. The van der Waals surface area contributed by atoms with Gasteiger partial charge in [0.25, 0.3) is 0 Å². The van der Waals surface area contributed by atoms with Crippen molar-refractivity contribution in [1.29, 1.82) is 0 Å². The number of aromatic nitrogens is 4. The van der Waals surface area contributed by atoms with Crippen LogP contribution in [0.15, 0.2) is 29.1 Å². The number of fused-ring (bicyclic) bond motifs is 3. The number of para-hydroxylation sites is 1. The smallest absolute Gasteiger partial charge is 0.351 e. The highest BCUT2D eigenvalue weighted by Crippen LogP contribution is 2.11. The lowest BCUT2D eigenvalue weighted by Gasteiger charge is -2.03. The highest BCUT2D eigenvalue weighted by Gasteiger charge is 2.14. The van der Waals surface area contributed by atoms with E-state index in [0.717, 1.165) is 29.1 Å². The fraction of sp³-hybridized carbons (Fsp3) is 0.188. The fourth-order valence-corrected chi connectivity index (χ4v) is 2.87. The molecule has 23 heavy (non-hydrogen) atoms. The van der Waals surface area contributed by atoms with Crippen LogP contribution < -0.4 is 27.9 Å². The van der Waals surface area contributed by atoms with Gasteiger partial charge in [0.1, 0.15) is 0 Å². The van der Waals surface area contributed by atoms with Crippen LogP contribution in [0.4, 0.5) is 11.5 Å². The Morgan fingerprint density at radius 2 is 1.91 bits per heavy atom. The number of anilines is 2. The fourth-order valence-electron chi connectivity index (χ4n) is 2.87. The minimum Gasteiger partial charge on any atom is -0.398 e. The summed E-state index contributed by atoms with van der Waals surface area (Å²) in [5.41, 5.74) is 13.6. The lowest BCUT2D eigenvalue weighted by Crippen LogP contribution is -2.41. The molecule has 0 radical (unpaired) electrons. The first-order chi connectivity index (χ1) is 11.1. The van der Waals surface area contributed by atoms with E-state index in [4.69, 9.17) is 11.5 Å². The van der Waals surface area contributed by atoms with Crippen molar-refractivity contribution in [1.82, 2.24) is 19.2 Å². The molecule has 4 N–H and O–H groups in total. The van der Waals surface area contributed by atoms with E-state index >= 15 is 0 Å². The Kier molecular flexibility index (Phi) is 2.94. The monoisotopic (exact) mass is 308 g/mol. The van der Waals surface area contributed by atoms with Crippen LogP contribution in [0, 0.1) is 0 Å². The quantitative estimate of drug-likeness (QED) is 0.619. The molecule has 0 atom stereocenters. The van der Waals surface area contributed by atoms with Gasteiger partial charge in [-0.15, -0.1) is 5.10 Å². The maximum atomic E-state index is 12.8. The van der Waals surface area contributed by atoms with Gasteiger partial charge < -0.3 is 11.5 Å². The van der Waals surface area contributed by atoms with Crippen molar-refractivity contribution in [2.45, 2.75) is 19.4 Å². The van der Waals surface area contributed by atoms with Gasteiger partial charge in [-0.1, -0.05) is 30.4 Å². The summed E-state index contributed by atoms with van der Waals surface area (Å²) < 4.78 is 2.91. The Balaban J connectivity index is 1.98. The zero-order chi connectivity index (χ0) is 16.0. The second-order valence-corrected chi connectivity index (χ2v) is 5.55. The second-order valence-electron chi connectivity index (χ2n) is 5.55. The summed E-state index contributed by atoms with van der Waals surface area (Å²) >= 11 is 0. The second kappa shape index (κ2) is 4.98. The van der Waals surface area contributed by atoms with Gasteiger partial charge in [0.2, 0.25) is 5.65 Å². The summed E-state index contributed by atoms with van der Waals surface area (Å²) in [6.45, 7) is 0.297. The maximum absolute atomic E-state index is 12.8. The van der Waals surface area contributed by atoms with Crippen LogP contribution in [-0.4, -0.2) is 19.2 Å². The van der Waals surface area contributed by atoms with Gasteiger partial charge in [-0.05, 0) is 24.5 Å². The number of rotatable bonds is 2. The molecule has 3 aromatic rings. The lowest BCUT2D eigenvalue weighted by atomic mass is 10.2. The molecule has 0 saturated heterocycles. The Bertz CT molecular complexity index is 1090. The molecule has 7 nitrogen and oxygen atoms in total. The summed E-state index contributed by atoms with van der Waals surface area (Å²) in [5, 5.41) is 5.85. The third-order valence-corrected chi connectivity index (χ3v) is 4.03. The molecule has 0 spiro atoms. The molecule has 0 unspecified atom stereocenters. The molecule has 0 amide bonds. The molecular weight excluding hydrogens is 292 g/mol. The van der Waals surface area contributed by atoms with E-state index in [1.807, 2.05) is 30.4 Å². The van der Waals surface area contributed by atoms with Crippen LogP contribution in [0.1, 0.15) is 18.4 Å². The van der Waals surface area contributed by atoms with Crippen molar-refractivity contribution in [2.75, 3.05) is 11.5 Å². The molecule has 2 heterocycles. The average Bonchev–Trinajstić information content (AvgIpc) is 2.88. The van der Waals surface area contributed by atoms with Crippen LogP contribution in [0.3, 0.4) is 0 Å². The van der Waals surface area contributed by atoms with Crippen molar-refractivity contribution in [2.24, 2.45) is 0 Å². The van der Waals surface area contributed by atoms with Crippen LogP contribution in [0.2, 0.25) is 0 Å². The Morgan fingerprint density at radius 3 is 2.74 bits per heavy atom. The van der Waals surface area contributed by atoms with Crippen molar-refractivity contribution in [3.8, 4) is 0 Å². The molecule has 2 aromatic heterocycles. The summed E-state index contributed by atoms with van der Waals surface area (Å²) in [7, 11) is 0. The lowest BCUT2D eigenvalue weighted by molar-refractivity contribution is 0.658. The standard InChI is InChI=1S/C16H16N6O/c17-11-6-2-1-5-10(11)9-21-16(23)22-13-8-4-3-7-12(13)19-14(18)15(22)20-21/h1-2,5-8H,3-4,9,17H2,(H2,18,19). The van der Waals surface area contributed by atoms with E-state index in [0.29, 0.717) is 17.9 Å². The van der Waals surface area contributed by atoms with E-state index in [9.17, 15) is 4.79 Å². The first kappa shape index (κ1) is 13.6. The predicted octanol–water partition coefficient (Wildman–Crippen LogP) is -0.541. The molecule has 0 aliphatic heterocycles. The highest BCUT2D eigenvalue weighted by molar-refractivity contribution is 5.59. The van der Waals surface area contributed by atoms with Crippen molar-refractivity contribution >= 4 is 29.3 Å². The van der Waals surface area contributed by atoms with Crippen LogP contribution in [0.5, 0.6) is 0 Å². The Morgan fingerprint density at radius 1 is 1.13 bits per heavy atom. The molecule has 1 aliphatic carbocycles. The zero-order valence-electron chi connectivity index (χ0n) is 12.4. The third-order valence-electron chi connectivity index (χ3n) is 4.03. The molecule has 7 heteroatoms. The summed E-state index contributed by atoms with van der Waals surface area (Å²) in [4.78, 5) is 17.1. The van der Waals surface area contributed by atoms with Gasteiger partial charge >= 0.3 is 5.69 Å². The summed E-state index contributed by atoms with van der Waals surface area (Å²) in [6.07, 6.45) is 5.76. The van der Waals surface area contributed by atoms with Gasteiger partial charge in [0, 0.05) is 5.69 Å². The number of nitrogen functional groups attached to an aromatic ring is 2. The van der Waals surface area contributed by atoms with E-state index in [-0.39, 0.29) is 11.5 Å². The molecule has 0 bridgehead atoms. The molecule has 1 aliphatic rings. The van der Waals surface area contributed by atoms with Crippen molar-refractivity contribution in [3.05, 3.63) is 51.0 Å². The van der Waals surface area contributed by atoms with Gasteiger partial charge in [0.05, 0.1) is 17.2 Å². The maximum Gasteiger partial charge on any atom is 0.351 e. The number of benzene rings is 1. The molecule has 0 saturated carbocycles. The topological polar surface area (TPSA) is 104 Å². The van der Waals surface area contributed by atoms with Crippen LogP contribution >= 0.6 is 0 Å². The van der Waals surface area contributed by atoms with E-state index in [1.165, 1.54) is 9.08 Å². The van der Waals surface area contributed by atoms with Gasteiger partial charge in [-0.25, -0.2) is 18.9 Å². The number of nitrogens with zero attached hydrogens (tertiary/aromatic N) is 4. The van der Waals surface area contributed by atoms with Gasteiger partial charge in [-0.3, -0.25) is 0 Å². The van der Waals surface area contributed by atoms with Gasteiger partial charge in [-0.2, -0.15) is 0 Å². The number of hydrogen-bond donors (Lipinski definition) is 2. The minimum absolute atomic E-state index is 0.236. The summed E-state index contributed by atoms with van der Waals surface area (Å²) in [6, 6.07) is 7.42. The Labute approximate surface area is 131 Å². The summed E-state index contributed by atoms with van der Waals surface area (Å²) in [5.74, 6) is 0.257. The number of nitrogens with two attached hydrogens (primary N) is 2. The van der Waals surface area contributed by atoms with Crippen molar-refractivity contribution in [3.63, 3.8) is 0 Å². The van der Waals surface area contributed by atoms with E-state index in [2.05, 4.69) is 10.1 Å². The SMILES string of the molecule is Nc1ccccc1Cn1nc2c(N)nc3c(n2c1=O)=CCCC=3. The molecule has 1 aromatic carbocycles. The average molecular weight is 308 g/mol. The zero-order valence-corrected chi connectivity index (χ0v) is 12.4. The van der Waals surface area contributed by atoms with Crippen molar-refractivity contribution < 1.29 is 0 Å². The molecule has 116 valence electrons. The molecule has 4 rings (SSSR count). The third kappa shape index (κ3) is 2.09. The van der Waals surface area contributed by atoms with Crippen LogP contribution in [0.25, 0.3) is 17.8 Å². The molecular formula is C16H16N6O. The van der Waals surface area contributed by atoms with Gasteiger partial charge in [0.15, 0.2) is 5.82 Å². The van der Waals surface area contributed by atoms with Crippen LogP contribution in [-0.2, 0) is 6.54 Å². The Hall–Kier alpha value is -3.09. The normalized spacial score (nSPS) is 13.4. The number of hydrogen-bond acceptors (Lipinski definition) is 5. The van der Waals surface area contributed by atoms with E-state index in [1.54, 1.807) is 6.07 Å².